The summed E-state index contributed by atoms with van der Waals surface area (Å²) >= 11 is 3.43. The summed E-state index contributed by atoms with van der Waals surface area (Å²) in [5, 5.41) is 3.46. The molecule has 1 spiro atoms. The van der Waals surface area contributed by atoms with Crippen molar-refractivity contribution in [3.8, 4) is 0 Å². The highest BCUT2D eigenvalue weighted by Gasteiger charge is 2.38. The number of anilines is 1. The number of halogens is 1. The SMILES string of the molecule is CN(C)c1ncc(Br)cc1C(=O)N1CCC2(CCNC2)CC1. The summed E-state index contributed by atoms with van der Waals surface area (Å²) in [5.74, 6) is 0.828. The van der Waals surface area contributed by atoms with Crippen molar-refractivity contribution in [1.82, 2.24) is 15.2 Å². The fourth-order valence-corrected chi connectivity index (χ4v) is 3.85. The van der Waals surface area contributed by atoms with Crippen LogP contribution in [0.1, 0.15) is 29.6 Å². The average molecular weight is 367 g/mol. The van der Waals surface area contributed by atoms with E-state index in [1.165, 1.54) is 6.42 Å². The van der Waals surface area contributed by atoms with Crippen LogP contribution < -0.4 is 10.2 Å². The number of nitrogens with zero attached hydrogens (tertiary/aromatic N) is 3. The lowest BCUT2D eigenvalue weighted by Crippen LogP contribution is -2.44. The van der Waals surface area contributed by atoms with Crippen molar-refractivity contribution in [3.63, 3.8) is 0 Å². The van der Waals surface area contributed by atoms with Crippen molar-refractivity contribution in [2.75, 3.05) is 45.2 Å². The Hall–Kier alpha value is -1.14. The molecular weight excluding hydrogens is 344 g/mol. The summed E-state index contributed by atoms with van der Waals surface area (Å²) in [5.41, 5.74) is 1.11. The highest BCUT2D eigenvalue weighted by molar-refractivity contribution is 9.10. The molecule has 0 atom stereocenters. The highest BCUT2D eigenvalue weighted by Crippen LogP contribution is 2.37. The van der Waals surface area contributed by atoms with Crippen LogP contribution >= 0.6 is 15.9 Å². The quantitative estimate of drug-likeness (QED) is 0.870. The number of amides is 1. The number of hydrogen-bond donors (Lipinski definition) is 1. The van der Waals surface area contributed by atoms with Gasteiger partial charge >= 0.3 is 0 Å². The first-order valence-electron chi connectivity index (χ1n) is 7.84. The van der Waals surface area contributed by atoms with Gasteiger partial charge in [0.2, 0.25) is 0 Å². The van der Waals surface area contributed by atoms with Gasteiger partial charge in [0.15, 0.2) is 0 Å². The van der Waals surface area contributed by atoms with Gasteiger partial charge in [-0.25, -0.2) is 4.98 Å². The second kappa shape index (κ2) is 6.16. The molecule has 3 heterocycles. The number of nitrogens with one attached hydrogen (secondary N) is 1. The molecule has 2 saturated heterocycles. The first kappa shape index (κ1) is 15.7. The summed E-state index contributed by atoms with van der Waals surface area (Å²) in [7, 11) is 3.84. The van der Waals surface area contributed by atoms with Crippen LogP contribution in [0.15, 0.2) is 16.7 Å². The minimum Gasteiger partial charge on any atom is -0.362 e. The Labute approximate surface area is 140 Å². The van der Waals surface area contributed by atoms with Crippen LogP contribution in [0.4, 0.5) is 5.82 Å². The zero-order chi connectivity index (χ0) is 15.7. The second-order valence-electron chi connectivity index (χ2n) is 6.64. The van der Waals surface area contributed by atoms with Gasteiger partial charge in [-0.1, -0.05) is 0 Å². The smallest absolute Gasteiger partial charge is 0.257 e. The Morgan fingerprint density at radius 3 is 2.68 bits per heavy atom. The maximum atomic E-state index is 12.9. The van der Waals surface area contributed by atoms with Crippen molar-refractivity contribution in [1.29, 1.82) is 0 Å². The van der Waals surface area contributed by atoms with Crippen LogP contribution in [-0.4, -0.2) is 56.1 Å². The van der Waals surface area contributed by atoms with Crippen LogP contribution in [0.25, 0.3) is 0 Å². The number of carbonyl (C=O) groups excluding carboxylic acids is 1. The summed E-state index contributed by atoms with van der Waals surface area (Å²) in [4.78, 5) is 21.2. The molecule has 1 amide bonds. The number of aromatic nitrogens is 1. The van der Waals surface area contributed by atoms with Crippen LogP contribution in [0.2, 0.25) is 0 Å². The van der Waals surface area contributed by atoms with E-state index in [-0.39, 0.29) is 5.91 Å². The maximum Gasteiger partial charge on any atom is 0.257 e. The van der Waals surface area contributed by atoms with E-state index in [0.717, 1.165) is 49.3 Å². The Balaban J connectivity index is 1.76. The zero-order valence-electron chi connectivity index (χ0n) is 13.2. The Morgan fingerprint density at radius 2 is 2.09 bits per heavy atom. The van der Waals surface area contributed by atoms with E-state index >= 15 is 0 Å². The number of rotatable bonds is 2. The molecule has 0 unspecified atom stereocenters. The van der Waals surface area contributed by atoms with Crippen LogP contribution in [0.3, 0.4) is 0 Å². The van der Waals surface area contributed by atoms with E-state index in [2.05, 4.69) is 26.2 Å². The molecule has 22 heavy (non-hydrogen) atoms. The molecule has 0 aliphatic carbocycles. The van der Waals surface area contributed by atoms with E-state index in [0.29, 0.717) is 11.0 Å². The third-order valence-corrected chi connectivity index (χ3v) is 5.36. The highest BCUT2D eigenvalue weighted by atomic mass is 79.9. The van der Waals surface area contributed by atoms with Crippen molar-refractivity contribution in [3.05, 3.63) is 22.3 Å². The van der Waals surface area contributed by atoms with Gasteiger partial charge < -0.3 is 15.1 Å². The van der Waals surface area contributed by atoms with Gasteiger partial charge in [0.05, 0.1) is 5.56 Å². The standard InChI is InChI=1S/C16H23BrN4O/c1-20(2)14-13(9-12(17)10-19-14)15(22)21-7-4-16(5-8-21)3-6-18-11-16/h9-10,18H,3-8,11H2,1-2H3. The van der Waals surface area contributed by atoms with Crippen molar-refractivity contribution >= 4 is 27.7 Å². The number of likely N-dealkylation sites (tertiary alicyclic amines) is 1. The van der Waals surface area contributed by atoms with Crippen molar-refractivity contribution < 1.29 is 4.79 Å². The van der Waals surface area contributed by atoms with Crippen LogP contribution in [-0.2, 0) is 0 Å². The summed E-state index contributed by atoms with van der Waals surface area (Å²) in [6, 6.07) is 1.88. The second-order valence-corrected chi connectivity index (χ2v) is 7.55. The molecule has 0 aromatic carbocycles. The molecule has 2 aliphatic rings. The van der Waals surface area contributed by atoms with Crippen molar-refractivity contribution in [2.45, 2.75) is 19.3 Å². The Morgan fingerprint density at radius 1 is 1.36 bits per heavy atom. The van der Waals surface area contributed by atoms with Crippen LogP contribution in [0, 0.1) is 5.41 Å². The molecule has 2 aliphatic heterocycles. The largest absolute Gasteiger partial charge is 0.362 e. The van der Waals surface area contributed by atoms with E-state index in [1.54, 1.807) is 6.20 Å². The van der Waals surface area contributed by atoms with Gasteiger partial charge in [-0.15, -0.1) is 0 Å². The van der Waals surface area contributed by atoms with Gasteiger partial charge in [-0.2, -0.15) is 0 Å². The minimum absolute atomic E-state index is 0.0957. The lowest BCUT2D eigenvalue weighted by molar-refractivity contribution is 0.0608. The third-order valence-electron chi connectivity index (χ3n) is 4.93. The van der Waals surface area contributed by atoms with E-state index in [9.17, 15) is 4.79 Å². The third kappa shape index (κ3) is 2.99. The van der Waals surface area contributed by atoms with Crippen molar-refractivity contribution in [2.24, 2.45) is 5.41 Å². The molecule has 5 nitrogen and oxygen atoms in total. The predicted molar refractivity (Wildman–Crippen MR) is 91.3 cm³/mol. The summed E-state index contributed by atoms with van der Waals surface area (Å²) < 4.78 is 0.843. The van der Waals surface area contributed by atoms with Gasteiger partial charge in [0, 0.05) is 44.4 Å². The number of carbonyl (C=O) groups is 1. The normalized spacial score (nSPS) is 20.4. The zero-order valence-corrected chi connectivity index (χ0v) is 14.8. The van der Waals surface area contributed by atoms with Crippen LogP contribution in [0.5, 0.6) is 0 Å². The molecule has 1 aromatic heterocycles. The van der Waals surface area contributed by atoms with Gasteiger partial charge in [0.1, 0.15) is 5.82 Å². The summed E-state index contributed by atoms with van der Waals surface area (Å²) in [6.07, 6.45) is 5.19. The molecule has 1 aromatic rings. The first-order chi connectivity index (χ1) is 10.5. The van der Waals surface area contributed by atoms with Gasteiger partial charge in [-0.3, -0.25) is 4.79 Å². The fourth-order valence-electron chi connectivity index (χ4n) is 3.52. The number of pyridine rings is 1. The van der Waals surface area contributed by atoms with Gasteiger partial charge in [0.25, 0.3) is 5.91 Å². The molecule has 0 bridgehead atoms. The van der Waals surface area contributed by atoms with E-state index in [4.69, 9.17) is 0 Å². The lowest BCUT2D eigenvalue weighted by atomic mass is 9.78. The average Bonchev–Trinajstić information content (AvgIpc) is 2.95. The molecule has 0 saturated carbocycles. The maximum absolute atomic E-state index is 12.9. The Kier molecular flexibility index (Phi) is 4.41. The lowest BCUT2D eigenvalue weighted by Gasteiger charge is -2.39. The predicted octanol–water partition coefficient (Wildman–Crippen LogP) is 2.13. The number of piperidine rings is 1. The minimum atomic E-state index is 0.0957. The number of hydrogen-bond acceptors (Lipinski definition) is 4. The monoisotopic (exact) mass is 366 g/mol. The summed E-state index contributed by atoms with van der Waals surface area (Å²) in [6.45, 7) is 3.92. The fraction of sp³-hybridized carbons (Fsp3) is 0.625. The molecule has 120 valence electrons. The Bertz CT molecular complexity index is 559. The van der Waals surface area contributed by atoms with Gasteiger partial charge in [-0.05, 0) is 53.2 Å². The topological polar surface area (TPSA) is 48.5 Å². The molecule has 6 heteroatoms. The molecule has 0 radical (unpaired) electrons. The van der Waals surface area contributed by atoms with E-state index < -0.39 is 0 Å². The molecule has 3 rings (SSSR count). The molecular formula is C16H23BrN4O. The molecule has 1 N–H and O–H groups in total. The first-order valence-corrected chi connectivity index (χ1v) is 8.63. The van der Waals surface area contributed by atoms with E-state index in [1.807, 2.05) is 30.0 Å². The molecule has 2 fully saturated rings.